The van der Waals surface area contributed by atoms with E-state index in [2.05, 4.69) is 27.8 Å². The van der Waals surface area contributed by atoms with Crippen molar-refractivity contribution in [2.45, 2.75) is 20.4 Å². The summed E-state index contributed by atoms with van der Waals surface area (Å²) in [5, 5.41) is 8.50. The summed E-state index contributed by atoms with van der Waals surface area (Å²) in [6, 6.07) is 24.2. The lowest BCUT2D eigenvalue weighted by Gasteiger charge is -2.10. The highest BCUT2D eigenvalue weighted by molar-refractivity contribution is 5.92. The molecular formula is C26H25N3O2. The Kier molecular flexibility index (Phi) is 7.45. The summed E-state index contributed by atoms with van der Waals surface area (Å²) in [5.74, 6) is 6.11. The monoisotopic (exact) mass is 411 g/mol. The summed E-state index contributed by atoms with van der Waals surface area (Å²) >= 11 is 0. The highest BCUT2D eigenvalue weighted by atomic mass is 16.2. The van der Waals surface area contributed by atoms with E-state index in [1.54, 1.807) is 0 Å². The molecule has 0 saturated carbocycles. The molecule has 3 amide bonds. The second kappa shape index (κ2) is 10.7. The van der Waals surface area contributed by atoms with Crippen molar-refractivity contribution in [2.24, 2.45) is 5.92 Å². The van der Waals surface area contributed by atoms with Crippen LogP contribution < -0.4 is 16.0 Å². The quantitative estimate of drug-likeness (QED) is 0.517. The first-order valence-electron chi connectivity index (χ1n) is 10.1. The van der Waals surface area contributed by atoms with E-state index in [4.69, 9.17) is 0 Å². The van der Waals surface area contributed by atoms with Crippen molar-refractivity contribution in [2.75, 3.05) is 10.6 Å². The summed E-state index contributed by atoms with van der Waals surface area (Å²) in [6.45, 7) is 4.06. The molecule has 3 rings (SSSR count). The predicted molar refractivity (Wildman–Crippen MR) is 125 cm³/mol. The number of urea groups is 1. The fraction of sp³-hybridized carbons (Fsp3) is 0.154. The van der Waals surface area contributed by atoms with Crippen LogP contribution in [0.15, 0.2) is 78.9 Å². The lowest BCUT2D eigenvalue weighted by atomic mass is 10.1. The van der Waals surface area contributed by atoms with Crippen molar-refractivity contribution in [3.63, 3.8) is 0 Å². The molecule has 3 aromatic rings. The first kappa shape index (κ1) is 21.7. The summed E-state index contributed by atoms with van der Waals surface area (Å²) in [5.41, 5.74) is 4.10. The van der Waals surface area contributed by atoms with Crippen LogP contribution in [0.1, 0.15) is 30.5 Å². The molecule has 0 radical (unpaired) electrons. The highest BCUT2D eigenvalue weighted by Crippen LogP contribution is 2.12. The minimum Gasteiger partial charge on any atom is -0.334 e. The Morgan fingerprint density at radius 2 is 1.45 bits per heavy atom. The first-order valence-corrected chi connectivity index (χ1v) is 10.1. The summed E-state index contributed by atoms with van der Waals surface area (Å²) in [6.07, 6.45) is 0. The van der Waals surface area contributed by atoms with E-state index in [1.165, 1.54) is 0 Å². The Hall–Kier alpha value is -4.04. The number of hydrogen-bond acceptors (Lipinski definition) is 2. The number of hydrogen-bond donors (Lipinski definition) is 3. The van der Waals surface area contributed by atoms with Crippen molar-refractivity contribution in [1.82, 2.24) is 5.32 Å². The van der Waals surface area contributed by atoms with Gasteiger partial charge in [0.1, 0.15) is 0 Å². The van der Waals surface area contributed by atoms with Crippen LogP contribution in [0.4, 0.5) is 16.2 Å². The van der Waals surface area contributed by atoms with Gasteiger partial charge in [-0.3, -0.25) is 4.79 Å². The fourth-order valence-corrected chi connectivity index (χ4v) is 2.69. The molecule has 0 aromatic heterocycles. The van der Waals surface area contributed by atoms with Crippen molar-refractivity contribution in [3.8, 4) is 11.8 Å². The van der Waals surface area contributed by atoms with Crippen LogP contribution in [0.5, 0.6) is 0 Å². The van der Waals surface area contributed by atoms with Crippen LogP contribution >= 0.6 is 0 Å². The maximum atomic E-state index is 12.2. The van der Waals surface area contributed by atoms with E-state index in [1.807, 2.05) is 92.7 Å². The highest BCUT2D eigenvalue weighted by Gasteiger charge is 2.07. The molecule has 0 unspecified atom stereocenters. The van der Waals surface area contributed by atoms with E-state index in [9.17, 15) is 9.59 Å². The van der Waals surface area contributed by atoms with Crippen LogP contribution in [-0.4, -0.2) is 11.9 Å². The molecule has 5 nitrogen and oxygen atoms in total. The Morgan fingerprint density at radius 1 is 0.774 bits per heavy atom. The number of carbonyl (C=O) groups is 2. The van der Waals surface area contributed by atoms with Crippen molar-refractivity contribution in [1.29, 1.82) is 0 Å². The molecule has 0 fully saturated rings. The van der Waals surface area contributed by atoms with Crippen LogP contribution in [-0.2, 0) is 11.3 Å². The lowest BCUT2D eigenvalue weighted by molar-refractivity contribution is -0.118. The fourth-order valence-electron chi connectivity index (χ4n) is 2.69. The van der Waals surface area contributed by atoms with Crippen LogP contribution in [0.3, 0.4) is 0 Å². The van der Waals surface area contributed by atoms with Gasteiger partial charge in [-0.1, -0.05) is 62.1 Å². The van der Waals surface area contributed by atoms with Gasteiger partial charge in [0.2, 0.25) is 5.91 Å². The van der Waals surface area contributed by atoms with Crippen molar-refractivity contribution >= 4 is 23.3 Å². The van der Waals surface area contributed by atoms with Gasteiger partial charge in [-0.15, -0.1) is 0 Å². The second-order valence-corrected chi connectivity index (χ2v) is 7.35. The van der Waals surface area contributed by atoms with E-state index < -0.39 is 0 Å². The number of anilines is 2. The Balaban J connectivity index is 1.52. The van der Waals surface area contributed by atoms with Crippen molar-refractivity contribution in [3.05, 3.63) is 95.6 Å². The Bertz CT molecular complexity index is 1090. The van der Waals surface area contributed by atoms with Crippen LogP contribution in [0, 0.1) is 17.8 Å². The van der Waals surface area contributed by atoms with Gasteiger partial charge in [0.15, 0.2) is 0 Å². The maximum absolute atomic E-state index is 12.2. The minimum atomic E-state index is -0.301. The molecule has 3 aromatic carbocycles. The number of rotatable bonds is 5. The SMILES string of the molecule is CC(C)C(=O)Nc1ccc(CNC(=O)Nc2cccc(C#Cc3ccccc3)c2)cc1. The van der Waals surface area contributed by atoms with Crippen LogP contribution in [0.25, 0.3) is 0 Å². The van der Waals surface area contributed by atoms with Gasteiger partial charge in [0.05, 0.1) is 0 Å². The molecule has 0 heterocycles. The average molecular weight is 412 g/mol. The maximum Gasteiger partial charge on any atom is 0.319 e. The molecule has 5 heteroatoms. The molecule has 0 saturated heterocycles. The molecule has 31 heavy (non-hydrogen) atoms. The standard InChI is InChI=1S/C26H25N3O2/c1-19(2)25(30)28-23-15-13-22(14-16-23)18-27-26(31)29-24-10-6-9-21(17-24)12-11-20-7-4-3-5-8-20/h3-10,13-17,19H,18H2,1-2H3,(H,28,30)(H2,27,29,31). The van der Waals surface area contributed by atoms with Gasteiger partial charge in [0.25, 0.3) is 0 Å². The molecule has 0 atom stereocenters. The topological polar surface area (TPSA) is 70.2 Å². The third-order valence-electron chi connectivity index (χ3n) is 4.44. The van der Waals surface area contributed by atoms with E-state index >= 15 is 0 Å². The number of nitrogens with one attached hydrogen (secondary N) is 3. The van der Waals surface area contributed by atoms with Crippen molar-refractivity contribution < 1.29 is 9.59 Å². The molecule has 156 valence electrons. The van der Waals surface area contributed by atoms with E-state index in [0.717, 1.165) is 22.4 Å². The van der Waals surface area contributed by atoms with E-state index in [-0.39, 0.29) is 17.9 Å². The zero-order chi connectivity index (χ0) is 22.1. The third-order valence-corrected chi connectivity index (χ3v) is 4.44. The number of amides is 3. The average Bonchev–Trinajstić information content (AvgIpc) is 2.78. The van der Waals surface area contributed by atoms with Gasteiger partial charge < -0.3 is 16.0 Å². The molecular weight excluding hydrogens is 386 g/mol. The third kappa shape index (κ3) is 7.06. The van der Waals surface area contributed by atoms with E-state index in [0.29, 0.717) is 12.2 Å². The molecule has 0 aliphatic heterocycles. The van der Waals surface area contributed by atoms with Gasteiger partial charge in [0, 0.05) is 35.0 Å². The van der Waals surface area contributed by atoms with Gasteiger partial charge in [-0.2, -0.15) is 0 Å². The first-order chi connectivity index (χ1) is 15.0. The normalized spacial score (nSPS) is 10.0. The lowest BCUT2D eigenvalue weighted by Crippen LogP contribution is -2.28. The second-order valence-electron chi connectivity index (χ2n) is 7.35. The summed E-state index contributed by atoms with van der Waals surface area (Å²) < 4.78 is 0. The molecule has 0 aliphatic carbocycles. The zero-order valence-electron chi connectivity index (χ0n) is 17.6. The smallest absolute Gasteiger partial charge is 0.319 e. The van der Waals surface area contributed by atoms with Gasteiger partial charge in [-0.05, 0) is 48.0 Å². The zero-order valence-corrected chi connectivity index (χ0v) is 17.6. The summed E-state index contributed by atoms with van der Waals surface area (Å²) in [7, 11) is 0. The van der Waals surface area contributed by atoms with Gasteiger partial charge in [-0.25, -0.2) is 4.79 Å². The Labute approximate surface area is 182 Å². The van der Waals surface area contributed by atoms with Gasteiger partial charge >= 0.3 is 6.03 Å². The number of benzene rings is 3. The summed E-state index contributed by atoms with van der Waals surface area (Å²) in [4.78, 5) is 24.0. The number of carbonyl (C=O) groups excluding carboxylic acids is 2. The minimum absolute atomic E-state index is 0.0269. The molecule has 0 aliphatic rings. The van der Waals surface area contributed by atoms with Crippen LogP contribution in [0.2, 0.25) is 0 Å². The molecule has 0 bridgehead atoms. The molecule has 0 spiro atoms. The Morgan fingerprint density at radius 3 is 2.16 bits per heavy atom. The molecule has 3 N–H and O–H groups in total. The predicted octanol–water partition coefficient (Wildman–Crippen LogP) is 5.00. The largest absolute Gasteiger partial charge is 0.334 e.